The number of fused-ring (bicyclic) bond motifs is 1. The third kappa shape index (κ3) is 7.11. The number of methoxy groups -OCH3 is 1. The van der Waals surface area contributed by atoms with E-state index in [0.29, 0.717) is 28.2 Å². The lowest BCUT2D eigenvalue weighted by Crippen LogP contribution is -2.26. The average Bonchev–Trinajstić information content (AvgIpc) is 2.94. The van der Waals surface area contributed by atoms with E-state index in [9.17, 15) is 18.0 Å². The van der Waals surface area contributed by atoms with Gasteiger partial charge in [0.15, 0.2) is 5.16 Å². The van der Waals surface area contributed by atoms with Crippen LogP contribution in [-0.2, 0) is 27.8 Å². The molecule has 0 aliphatic carbocycles. The standard InChI is InChI=1S/C27H27N5O5S2/c1-18(20-9-11-21(37-2)12-10-20)30-31-25(33)17-38-27-29-24-6-4-3-5-23(24)26(34)32(27)16-15-19-7-13-22(14-8-19)39(28,35)36/h3-14H,15-17H2,1-2H3,(H,31,33)(H2,28,35,36)/b30-18+. The molecule has 12 heteroatoms. The van der Waals surface area contributed by atoms with Gasteiger partial charge in [0.05, 0.1) is 34.4 Å². The van der Waals surface area contributed by atoms with Crippen molar-refractivity contribution in [3.8, 4) is 5.75 Å². The minimum Gasteiger partial charge on any atom is -0.497 e. The van der Waals surface area contributed by atoms with E-state index in [2.05, 4.69) is 15.5 Å². The topological polar surface area (TPSA) is 146 Å². The van der Waals surface area contributed by atoms with Crippen molar-refractivity contribution < 1.29 is 17.9 Å². The Morgan fingerprint density at radius 2 is 1.77 bits per heavy atom. The number of benzene rings is 3. The number of hydrazone groups is 1. The zero-order chi connectivity index (χ0) is 28.0. The predicted octanol–water partition coefficient (Wildman–Crippen LogP) is 2.93. The molecule has 0 atom stereocenters. The molecule has 1 heterocycles. The van der Waals surface area contributed by atoms with Crippen LogP contribution in [-0.4, -0.2) is 42.5 Å². The lowest BCUT2D eigenvalue weighted by atomic mass is 10.1. The van der Waals surface area contributed by atoms with E-state index in [4.69, 9.17) is 9.88 Å². The maximum Gasteiger partial charge on any atom is 0.262 e. The van der Waals surface area contributed by atoms with E-state index in [1.54, 1.807) is 50.4 Å². The van der Waals surface area contributed by atoms with Crippen LogP contribution in [0.4, 0.5) is 0 Å². The number of carbonyl (C=O) groups excluding carboxylic acids is 1. The molecule has 0 fully saturated rings. The molecule has 0 aliphatic heterocycles. The molecule has 4 rings (SSSR count). The van der Waals surface area contributed by atoms with Gasteiger partial charge < -0.3 is 4.74 Å². The third-order valence-corrected chi connectivity index (χ3v) is 7.80. The Balaban J connectivity index is 1.49. The van der Waals surface area contributed by atoms with Gasteiger partial charge in [-0.05, 0) is 73.0 Å². The van der Waals surface area contributed by atoms with Crippen molar-refractivity contribution in [2.24, 2.45) is 10.2 Å². The van der Waals surface area contributed by atoms with E-state index in [1.807, 2.05) is 24.3 Å². The first-order valence-electron chi connectivity index (χ1n) is 11.9. The minimum atomic E-state index is -3.79. The number of ether oxygens (including phenoxy) is 1. The molecule has 4 aromatic rings. The summed E-state index contributed by atoms with van der Waals surface area (Å²) in [6, 6.07) is 20.5. The summed E-state index contributed by atoms with van der Waals surface area (Å²) in [5.41, 5.74) is 5.15. The Morgan fingerprint density at radius 3 is 2.44 bits per heavy atom. The second-order valence-electron chi connectivity index (χ2n) is 8.56. The first-order chi connectivity index (χ1) is 18.7. The lowest BCUT2D eigenvalue weighted by Gasteiger charge is -2.13. The highest BCUT2D eigenvalue weighted by molar-refractivity contribution is 7.99. The van der Waals surface area contributed by atoms with Crippen molar-refractivity contribution in [3.63, 3.8) is 0 Å². The summed E-state index contributed by atoms with van der Waals surface area (Å²) in [6.07, 6.45) is 0.440. The predicted molar refractivity (Wildman–Crippen MR) is 152 cm³/mol. The Kier molecular flexibility index (Phi) is 8.79. The van der Waals surface area contributed by atoms with Crippen molar-refractivity contribution in [1.29, 1.82) is 0 Å². The summed E-state index contributed by atoms with van der Waals surface area (Å²) in [6.45, 7) is 2.07. The Morgan fingerprint density at radius 1 is 1.08 bits per heavy atom. The van der Waals surface area contributed by atoms with Crippen LogP contribution in [0.15, 0.2) is 92.7 Å². The molecule has 0 spiro atoms. The number of aromatic nitrogens is 2. The Labute approximate surface area is 230 Å². The number of rotatable bonds is 10. The average molecular weight is 566 g/mol. The van der Waals surface area contributed by atoms with Gasteiger partial charge in [-0.2, -0.15) is 5.10 Å². The van der Waals surface area contributed by atoms with Crippen LogP contribution in [0.5, 0.6) is 5.75 Å². The Bertz CT molecular complexity index is 1680. The first-order valence-corrected chi connectivity index (χ1v) is 14.4. The van der Waals surface area contributed by atoms with Crippen LogP contribution in [0.3, 0.4) is 0 Å². The van der Waals surface area contributed by atoms with Gasteiger partial charge in [0.2, 0.25) is 10.0 Å². The quantitative estimate of drug-likeness (QED) is 0.130. The fraction of sp³-hybridized carbons (Fsp3) is 0.185. The molecule has 1 aromatic heterocycles. The van der Waals surface area contributed by atoms with Crippen LogP contribution in [0, 0.1) is 0 Å². The van der Waals surface area contributed by atoms with Crippen LogP contribution in [0.2, 0.25) is 0 Å². The van der Waals surface area contributed by atoms with Gasteiger partial charge in [0, 0.05) is 6.54 Å². The smallest absolute Gasteiger partial charge is 0.262 e. The molecular formula is C27H27N5O5S2. The van der Waals surface area contributed by atoms with E-state index >= 15 is 0 Å². The number of primary sulfonamides is 1. The summed E-state index contributed by atoms with van der Waals surface area (Å²) in [5.74, 6) is 0.370. The number of aryl methyl sites for hydroxylation is 1. The summed E-state index contributed by atoms with van der Waals surface area (Å²) in [7, 11) is -2.20. The second kappa shape index (κ2) is 12.2. The normalized spacial score (nSPS) is 11.9. The number of nitrogens with two attached hydrogens (primary N) is 1. The summed E-state index contributed by atoms with van der Waals surface area (Å²) >= 11 is 1.14. The molecule has 39 heavy (non-hydrogen) atoms. The first kappa shape index (κ1) is 28.0. The van der Waals surface area contributed by atoms with Gasteiger partial charge in [-0.1, -0.05) is 36.0 Å². The minimum absolute atomic E-state index is 0.00672. The number of sulfonamides is 1. The van der Waals surface area contributed by atoms with Crippen molar-refractivity contribution in [2.75, 3.05) is 12.9 Å². The highest BCUT2D eigenvalue weighted by Crippen LogP contribution is 2.19. The SMILES string of the molecule is COc1ccc(/C(C)=N/NC(=O)CSc2nc3ccccc3c(=O)n2CCc2ccc(S(N)(=O)=O)cc2)cc1. The summed E-state index contributed by atoms with van der Waals surface area (Å²) in [5, 5.41) is 10.2. The summed E-state index contributed by atoms with van der Waals surface area (Å²) in [4.78, 5) is 30.5. The molecule has 0 radical (unpaired) electrons. The molecule has 10 nitrogen and oxygen atoms in total. The number of para-hydroxylation sites is 1. The summed E-state index contributed by atoms with van der Waals surface area (Å²) < 4.78 is 29.7. The fourth-order valence-corrected chi connectivity index (χ4v) is 5.08. The number of carbonyl (C=O) groups is 1. The maximum atomic E-state index is 13.3. The van der Waals surface area contributed by atoms with Gasteiger partial charge in [-0.25, -0.2) is 24.0 Å². The lowest BCUT2D eigenvalue weighted by molar-refractivity contribution is -0.118. The van der Waals surface area contributed by atoms with Crippen LogP contribution in [0.1, 0.15) is 18.1 Å². The van der Waals surface area contributed by atoms with E-state index in [-0.39, 0.29) is 28.7 Å². The largest absolute Gasteiger partial charge is 0.497 e. The fourth-order valence-electron chi connectivity index (χ4n) is 3.75. The molecular weight excluding hydrogens is 538 g/mol. The van der Waals surface area contributed by atoms with Crippen LogP contribution >= 0.6 is 11.8 Å². The van der Waals surface area contributed by atoms with Gasteiger partial charge in [0.1, 0.15) is 5.75 Å². The number of nitrogens with one attached hydrogen (secondary N) is 1. The molecule has 0 bridgehead atoms. The van der Waals surface area contributed by atoms with E-state index < -0.39 is 10.0 Å². The molecule has 0 saturated carbocycles. The third-order valence-electron chi connectivity index (χ3n) is 5.89. The number of thioether (sulfide) groups is 1. The zero-order valence-corrected chi connectivity index (χ0v) is 23.0. The molecule has 3 N–H and O–H groups in total. The van der Waals surface area contributed by atoms with Crippen molar-refractivity contribution >= 4 is 44.3 Å². The van der Waals surface area contributed by atoms with Crippen LogP contribution < -0.4 is 20.9 Å². The van der Waals surface area contributed by atoms with Gasteiger partial charge >= 0.3 is 0 Å². The zero-order valence-electron chi connectivity index (χ0n) is 21.3. The number of hydrogen-bond acceptors (Lipinski definition) is 8. The van der Waals surface area contributed by atoms with Gasteiger partial charge in [0.25, 0.3) is 11.5 Å². The Hall–Kier alpha value is -4.00. The highest BCUT2D eigenvalue weighted by atomic mass is 32.2. The number of hydrogen-bond donors (Lipinski definition) is 2. The second-order valence-corrected chi connectivity index (χ2v) is 11.1. The highest BCUT2D eigenvalue weighted by Gasteiger charge is 2.14. The van der Waals surface area contributed by atoms with E-state index in [0.717, 1.165) is 28.6 Å². The number of amides is 1. The van der Waals surface area contributed by atoms with E-state index in [1.165, 1.54) is 16.7 Å². The maximum absolute atomic E-state index is 13.3. The molecule has 3 aromatic carbocycles. The van der Waals surface area contributed by atoms with Crippen molar-refractivity contribution in [2.45, 2.75) is 29.9 Å². The van der Waals surface area contributed by atoms with Crippen molar-refractivity contribution in [1.82, 2.24) is 15.0 Å². The molecule has 0 saturated heterocycles. The monoisotopic (exact) mass is 565 g/mol. The molecule has 0 aliphatic rings. The van der Waals surface area contributed by atoms with Gasteiger partial charge in [-0.15, -0.1) is 0 Å². The molecule has 202 valence electrons. The van der Waals surface area contributed by atoms with Crippen molar-refractivity contribution in [3.05, 3.63) is 94.3 Å². The number of nitrogens with zero attached hydrogens (tertiary/aromatic N) is 3. The van der Waals surface area contributed by atoms with Gasteiger partial charge in [-0.3, -0.25) is 14.2 Å². The molecule has 0 unspecified atom stereocenters. The molecule has 1 amide bonds. The van der Waals surface area contributed by atoms with Crippen LogP contribution in [0.25, 0.3) is 10.9 Å².